The van der Waals surface area contributed by atoms with Gasteiger partial charge in [0.1, 0.15) is 11.6 Å². The largest absolute Gasteiger partial charge is 0.336 e. The molecule has 0 spiro atoms. The summed E-state index contributed by atoms with van der Waals surface area (Å²) in [6.07, 6.45) is 0. The zero-order chi connectivity index (χ0) is 22.1. The number of para-hydroxylation sites is 1. The van der Waals surface area contributed by atoms with Gasteiger partial charge < -0.3 is 0 Å². The van der Waals surface area contributed by atoms with E-state index in [1.165, 1.54) is 41.9 Å². The fourth-order valence-electron chi connectivity index (χ4n) is 3.35. The molecule has 2 N–H and O–H groups in total. The minimum atomic E-state index is -0.842. The summed E-state index contributed by atoms with van der Waals surface area (Å²) in [7, 11) is 0. The summed E-state index contributed by atoms with van der Waals surface area (Å²) in [4.78, 5) is 37.7. The Kier molecular flexibility index (Phi) is 5.18. The Morgan fingerprint density at radius 1 is 0.968 bits per heavy atom. The van der Waals surface area contributed by atoms with Gasteiger partial charge in [0.05, 0.1) is 23.1 Å². The van der Waals surface area contributed by atoms with Crippen molar-refractivity contribution in [2.24, 2.45) is 0 Å². The van der Waals surface area contributed by atoms with Gasteiger partial charge in [-0.2, -0.15) is 0 Å². The first-order valence-electron chi connectivity index (χ1n) is 9.14. The van der Waals surface area contributed by atoms with Crippen molar-refractivity contribution in [2.75, 3.05) is 0 Å². The lowest BCUT2D eigenvalue weighted by atomic mass is 10.1. The van der Waals surface area contributed by atoms with Crippen molar-refractivity contribution in [1.82, 2.24) is 14.6 Å². The maximum atomic E-state index is 14.4. The van der Waals surface area contributed by atoms with Gasteiger partial charge in [0, 0.05) is 5.56 Å². The van der Waals surface area contributed by atoms with E-state index < -0.39 is 28.8 Å². The second kappa shape index (κ2) is 7.96. The van der Waals surface area contributed by atoms with Gasteiger partial charge >= 0.3 is 5.69 Å². The molecule has 0 fully saturated rings. The van der Waals surface area contributed by atoms with E-state index in [2.05, 4.69) is 0 Å². The molecule has 3 aromatic carbocycles. The van der Waals surface area contributed by atoms with E-state index in [0.29, 0.717) is 10.1 Å². The highest BCUT2D eigenvalue weighted by Crippen LogP contribution is 2.16. The maximum Gasteiger partial charge on any atom is 0.336 e. The summed E-state index contributed by atoms with van der Waals surface area (Å²) in [5.74, 6) is -2.10. The van der Waals surface area contributed by atoms with Crippen LogP contribution in [0.5, 0.6) is 0 Å². The van der Waals surface area contributed by atoms with Crippen LogP contribution in [0.3, 0.4) is 0 Å². The summed E-state index contributed by atoms with van der Waals surface area (Å²) >= 11 is 0. The molecule has 7 nitrogen and oxygen atoms in total. The van der Waals surface area contributed by atoms with Gasteiger partial charge in [-0.3, -0.25) is 19.4 Å². The number of halogens is 2. The molecule has 9 heteroatoms. The lowest BCUT2D eigenvalue weighted by Crippen LogP contribution is -2.39. The van der Waals surface area contributed by atoms with E-state index in [4.69, 9.17) is 5.21 Å². The fraction of sp³-hybridized carbons (Fsp3) is 0.0455. The molecule has 0 saturated carbocycles. The van der Waals surface area contributed by atoms with Crippen molar-refractivity contribution in [2.45, 2.75) is 6.54 Å². The van der Waals surface area contributed by atoms with Crippen LogP contribution in [0.25, 0.3) is 16.6 Å². The Bertz CT molecular complexity index is 1430. The van der Waals surface area contributed by atoms with Crippen LogP contribution in [0.4, 0.5) is 8.78 Å². The average molecular weight is 423 g/mol. The lowest BCUT2D eigenvalue weighted by molar-refractivity contribution is 0.0706. The molecule has 0 aliphatic heterocycles. The molecule has 0 radical (unpaired) electrons. The van der Waals surface area contributed by atoms with E-state index in [1.54, 1.807) is 12.1 Å². The van der Waals surface area contributed by atoms with Crippen molar-refractivity contribution >= 4 is 16.8 Å². The number of aromatic nitrogens is 2. The van der Waals surface area contributed by atoms with Crippen molar-refractivity contribution < 1.29 is 18.8 Å². The Balaban J connectivity index is 1.95. The zero-order valence-corrected chi connectivity index (χ0v) is 15.9. The molecule has 0 aliphatic rings. The molecule has 1 aromatic heterocycles. The molecular weight excluding hydrogens is 408 g/mol. The molecule has 31 heavy (non-hydrogen) atoms. The zero-order valence-electron chi connectivity index (χ0n) is 15.9. The van der Waals surface area contributed by atoms with E-state index in [-0.39, 0.29) is 28.7 Å². The molecular formula is C22H15F2N3O4. The first-order chi connectivity index (χ1) is 14.9. The smallest absolute Gasteiger partial charge is 0.288 e. The minimum absolute atomic E-state index is 0.0422. The highest BCUT2D eigenvalue weighted by molar-refractivity contribution is 5.93. The van der Waals surface area contributed by atoms with Crippen molar-refractivity contribution in [3.63, 3.8) is 0 Å². The molecule has 0 aliphatic carbocycles. The molecule has 1 heterocycles. The van der Waals surface area contributed by atoms with Crippen molar-refractivity contribution in [3.05, 3.63) is 110 Å². The third kappa shape index (κ3) is 3.62. The maximum absolute atomic E-state index is 14.4. The minimum Gasteiger partial charge on any atom is -0.288 e. The summed E-state index contributed by atoms with van der Waals surface area (Å²) in [5, 5.41) is 8.76. The third-order valence-corrected chi connectivity index (χ3v) is 4.86. The summed E-state index contributed by atoms with van der Waals surface area (Å²) in [6.45, 7) is -0.0749. The van der Waals surface area contributed by atoms with Gasteiger partial charge in [0.2, 0.25) is 0 Å². The SMILES string of the molecule is O=C(NO)c1ccc(Cn2c(=O)n(-c3ccccc3F)c(=O)c3ccc(F)cc32)cc1. The number of hydroxylamine groups is 1. The number of benzene rings is 3. The summed E-state index contributed by atoms with van der Waals surface area (Å²) in [6, 6.07) is 14.7. The number of nitrogens with one attached hydrogen (secondary N) is 1. The Hall–Kier alpha value is -4.11. The molecule has 156 valence electrons. The van der Waals surface area contributed by atoms with Crippen LogP contribution < -0.4 is 16.7 Å². The predicted octanol–water partition coefficient (Wildman–Crippen LogP) is 2.60. The number of carbonyl (C=O) groups is 1. The van der Waals surface area contributed by atoms with E-state index >= 15 is 0 Å². The number of hydrogen-bond donors (Lipinski definition) is 2. The quantitative estimate of drug-likeness (QED) is 0.390. The van der Waals surface area contributed by atoms with E-state index in [0.717, 1.165) is 22.8 Å². The number of hydrogen-bond acceptors (Lipinski definition) is 4. The van der Waals surface area contributed by atoms with Crippen molar-refractivity contribution in [1.29, 1.82) is 0 Å². The third-order valence-electron chi connectivity index (χ3n) is 4.86. The van der Waals surface area contributed by atoms with E-state index in [9.17, 15) is 23.2 Å². The number of carbonyl (C=O) groups excluding carboxylic acids is 1. The molecule has 4 rings (SSSR count). The second-order valence-electron chi connectivity index (χ2n) is 6.76. The van der Waals surface area contributed by atoms with Crippen LogP contribution in [-0.4, -0.2) is 20.2 Å². The van der Waals surface area contributed by atoms with Crippen LogP contribution in [0.1, 0.15) is 15.9 Å². The molecule has 0 atom stereocenters. The second-order valence-corrected chi connectivity index (χ2v) is 6.76. The molecule has 4 aromatic rings. The monoisotopic (exact) mass is 423 g/mol. The van der Waals surface area contributed by atoms with Crippen LogP contribution in [0.2, 0.25) is 0 Å². The van der Waals surface area contributed by atoms with E-state index in [1.807, 2.05) is 0 Å². The number of nitrogens with zero attached hydrogens (tertiary/aromatic N) is 2. The van der Waals surface area contributed by atoms with Gasteiger partial charge in [0.15, 0.2) is 0 Å². The number of amides is 1. The van der Waals surface area contributed by atoms with Crippen LogP contribution in [0, 0.1) is 11.6 Å². The van der Waals surface area contributed by atoms with Crippen LogP contribution in [-0.2, 0) is 6.54 Å². The van der Waals surface area contributed by atoms with Gasteiger partial charge in [-0.15, -0.1) is 0 Å². The Morgan fingerprint density at radius 3 is 2.35 bits per heavy atom. The highest BCUT2D eigenvalue weighted by atomic mass is 19.1. The van der Waals surface area contributed by atoms with Crippen molar-refractivity contribution in [3.8, 4) is 5.69 Å². The standard InChI is InChI=1S/C22H15F2N3O4/c23-15-9-10-16-19(11-15)26(12-13-5-7-14(8-6-13)20(28)25-31)22(30)27(21(16)29)18-4-2-1-3-17(18)24/h1-11,31H,12H2,(H,25,28). The van der Waals surface area contributed by atoms with Crippen LogP contribution in [0.15, 0.2) is 76.3 Å². The first kappa shape index (κ1) is 20.2. The topological polar surface area (TPSA) is 93.3 Å². The first-order valence-corrected chi connectivity index (χ1v) is 9.14. The molecule has 0 saturated heterocycles. The van der Waals surface area contributed by atoms with Gasteiger partial charge in [-0.1, -0.05) is 24.3 Å². The summed E-state index contributed by atoms with van der Waals surface area (Å²) in [5.41, 5.74) is 0.490. The molecule has 0 bridgehead atoms. The Labute approximate surface area is 173 Å². The molecule has 0 unspecified atom stereocenters. The number of fused-ring (bicyclic) bond motifs is 1. The van der Waals surface area contributed by atoms with Gasteiger partial charge in [-0.25, -0.2) is 23.6 Å². The lowest BCUT2D eigenvalue weighted by Gasteiger charge is -2.15. The normalized spacial score (nSPS) is 10.9. The van der Waals surface area contributed by atoms with Crippen LogP contribution >= 0.6 is 0 Å². The predicted molar refractivity (Wildman–Crippen MR) is 109 cm³/mol. The molecule has 1 amide bonds. The summed E-state index contributed by atoms with van der Waals surface area (Å²) < 4.78 is 30.2. The Morgan fingerprint density at radius 2 is 1.68 bits per heavy atom. The number of rotatable bonds is 4. The van der Waals surface area contributed by atoms with Gasteiger partial charge in [0.25, 0.3) is 11.5 Å². The highest BCUT2D eigenvalue weighted by Gasteiger charge is 2.17. The van der Waals surface area contributed by atoms with Gasteiger partial charge in [-0.05, 0) is 48.0 Å². The fourth-order valence-corrected chi connectivity index (χ4v) is 3.35. The average Bonchev–Trinajstić information content (AvgIpc) is 2.77.